The first-order chi connectivity index (χ1) is 9.10. The average Bonchev–Trinajstić information content (AvgIpc) is 3.01. The molecule has 1 aromatic carbocycles. The lowest BCUT2D eigenvalue weighted by atomic mass is 9.99. The highest BCUT2D eigenvalue weighted by Crippen LogP contribution is 2.55. The highest BCUT2D eigenvalue weighted by atomic mass is 16.5. The summed E-state index contributed by atoms with van der Waals surface area (Å²) in [5, 5.41) is 0. The van der Waals surface area contributed by atoms with Crippen LogP contribution in [0.15, 0.2) is 42.0 Å². The van der Waals surface area contributed by atoms with E-state index in [2.05, 4.69) is 51.1 Å². The molecular formula is C18H26O. The smallest absolute Gasteiger partial charge is 0.0717 e. The second kappa shape index (κ2) is 6.38. The molecular weight excluding hydrogens is 232 g/mol. The summed E-state index contributed by atoms with van der Waals surface area (Å²) in [5.41, 5.74) is 3.23. The zero-order valence-electron chi connectivity index (χ0n) is 12.5. The third-order valence-corrected chi connectivity index (χ3v) is 4.24. The second-order valence-electron chi connectivity index (χ2n) is 6.38. The molecule has 0 aromatic heterocycles. The number of allylic oxidation sites excluding steroid dienone is 2. The second-order valence-corrected chi connectivity index (χ2v) is 6.38. The highest BCUT2D eigenvalue weighted by Gasteiger charge is 2.48. The summed E-state index contributed by atoms with van der Waals surface area (Å²) in [4.78, 5) is 0. The molecule has 2 atom stereocenters. The minimum atomic E-state index is 0.530. The number of hydrogen-bond donors (Lipinski definition) is 0. The van der Waals surface area contributed by atoms with Gasteiger partial charge in [0.1, 0.15) is 0 Å². The van der Waals surface area contributed by atoms with Gasteiger partial charge in [-0.25, -0.2) is 0 Å². The molecule has 1 aliphatic rings. The van der Waals surface area contributed by atoms with E-state index in [0.29, 0.717) is 5.41 Å². The number of benzene rings is 1. The van der Waals surface area contributed by atoms with Gasteiger partial charge in [-0.3, -0.25) is 0 Å². The van der Waals surface area contributed by atoms with Gasteiger partial charge in [0.05, 0.1) is 13.2 Å². The van der Waals surface area contributed by atoms with Crippen molar-refractivity contribution in [2.24, 2.45) is 11.3 Å². The fourth-order valence-electron chi connectivity index (χ4n) is 2.65. The molecule has 0 bridgehead atoms. The van der Waals surface area contributed by atoms with Crippen LogP contribution in [-0.2, 0) is 11.3 Å². The first kappa shape index (κ1) is 14.3. The summed E-state index contributed by atoms with van der Waals surface area (Å²) in [7, 11) is 0. The predicted octanol–water partition coefficient (Wildman–Crippen LogP) is 4.98. The highest BCUT2D eigenvalue weighted by molar-refractivity contribution is 5.13. The summed E-state index contributed by atoms with van der Waals surface area (Å²) in [5.74, 6) is 0.766. The van der Waals surface area contributed by atoms with Gasteiger partial charge in [0.15, 0.2) is 0 Å². The maximum atomic E-state index is 5.85. The van der Waals surface area contributed by atoms with Crippen LogP contribution < -0.4 is 0 Å². The van der Waals surface area contributed by atoms with E-state index in [9.17, 15) is 0 Å². The van der Waals surface area contributed by atoms with Gasteiger partial charge in [0, 0.05) is 0 Å². The van der Waals surface area contributed by atoms with Crippen molar-refractivity contribution >= 4 is 0 Å². The van der Waals surface area contributed by atoms with Gasteiger partial charge < -0.3 is 4.74 Å². The minimum absolute atomic E-state index is 0.530. The molecule has 19 heavy (non-hydrogen) atoms. The van der Waals surface area contributed by atoms with Gasteiger partial charge in [-0.1, -0.05) is 48.9 Å². The van der Waals surface area contributed by atoms with Crippen molar-refractivity contribution in [2.45, 2.75) is 46.6 Å². The molecule has 104 valence electrons. The maximum absolute atomic E-state index is 5.85. The Hall–Kier alpha value is -1.08. The van der Waals surface area contributed by atoms with Crippen LogP contribution in [0.5, 0.6) is 0 Å². The number of ether oxygens (including phenoxy) is 1. The summed E-state index contributed by atoms with van der Waals surface area (Å²) < 4.78 is 5.85. The largest absolute Gasteiger partial charge is 0.376 e. The maximum Gasteiger partial charge on any atom is 0.0717 e. The molecule has 2 rings (SSSR count). The summed E-state index contributed by atoms with van der Waals surface area (Å²) in [6.07, 6.45) is 6.20. The van der Waals surface area contributed by atoms with E-state index in [4.69, 9.17) is 4.74 Å². The van der Waals surface area contributed by atoms with E-state index in [-0.39, 0.29) is 0 Å². The molecule has 1 heteroatoms. The van der Waals surface area contributed by atoms with Crippen LogP contribution in [-0.4, -0.2) is 6.61 Å². The van der Waals surface area contributed by atoms with Crippen LogP contribution in [0.3, 0.4) is 0 Å². The lowest BCUT2D eigenvalue weighted by Crippen LogP contribution is -2.04. The Morgan fingerprint density at radius 2 is 2.05 bits per heavy atom. The van der Waals surface area contributed by atoms with Gasteiger partial charge in [0.2, 0.25) is 0 Å². The summed E-state index contributed by atoms with van der Waals surface area (Å²) >= 11 is 0. The molecule has 1 fully saturated rings. The first-order valence-electron chi connectivity index (χ1n) is 7.35. The lowest BCUT2D eigenvalue weighted by Gasteiger charge is -2.10. The molecule has 1 saturated carbocycles. The van der Waals surface area contributed by atoms with Gasteiger partial charge in [-0.15, -0.1) is 0 Å². The van der Waals surface area contributed by atoms with E-state index in [0.717, 1.165) is 19.1 Å². The van der Waals surface area contributed by atoms with Crippen molar-refractivity contribution in [3.05, 3.63) is 47.5 Å². The Bertz CT molecular complexity index is 417. The quantitative estimate of drug-likeness (QED) is 0.627. The summed E-state index contributed by atoms with van der Waals surface area (Å²) in [6, 6.07) is 10.4. The molecule has 0 aliphatic heterocycles. The van der Waals surface area contributed by atoms with Crippen LogP contribution >= 0.6 is 0 Å². The van der Waals surface area contributed by atoms with Gasteiger partial charge in [-0.05, 0) is 50.0 Å². The molecule has 0 spiro atoms. The Labute approximate surface area is 117 Å². The van der Waals surface area contributed by atoms with E-state index in [1.54, 1.807) is 0 Å². The third kappa shape index (κ3) is 4.50. The molecule has 1 aromatic rings. The van der Waals surface area contributed by atoms with Gasteiger partial charge >= 0.3 is 0 Å². The van der Waals surface area contributed by atoms with Crippen LogP contribution in [0.1, 0.15) is 45.6 Å². The fourth-order valence-corrected chi connectivity index (χ4v) is 2.65. The summed E-state index contributed by atoms with van der Waals surface area (Å²) in [6.45, 7) is 8.43. The normalized spacial score (nSPS) is 25.1. The first-order valence-corrected chi connectivity index (χ1v) is 7.35. The zero-order chi connectivity index (χ0) is 13.7. The Balaban J connectivity index is 1.65. The Morgan fingerprint density at radius 1 is 1.32 bits per heavy atom. The van der Waals surface area contributed by atoms with Crippen LogP contribution in [0.2, 0.25) is 0 Å². The molecule has 1 nitrogen and oxygen atoms in total. The molecule has 0 saturated heterocycles. The minimum Gasteiger partial charge on any atom is -0.376 e. The van der Waals surface area contributed by atoms with Crippen molar-refractivity contribution in [1.82, 2.24) is 0 Å². The van der Waals surface area contributed by atoms with Gasteiger partial charge in [0.25, 0.3) is 0 Å². The van der Waals surface area contributed by atoms with Crippen LogP contribution in [0.4, 0.5) is 0 Å². The van der Waals surface area contributed by atoms with Crippen molar-refractivity contribution in [1.29, 1.82) is 0 Å². The lowest BCUT2D eigenvalue weighted by molar-refractivity contribution is 0.101. The van der Waals surface area contributed by atoms with Crippen molar-refractivity contribution < 1.29 is 4.74 Å². The van der Waals surface area contributed by atoms with Crippen molar-refractivity contribution in [3.63, 3.8) is 0 Å². The van der Waals surface area contributed by atoms with Crippen LogP contribution in [0.25, 0.3) is 0 Å². The standard InChI is InChI=1S/C18H26O/c1-15(2)8-7-11-18(3)12-17(18)14-19-13-16-9-5-4-6-10-16/h4-6,8-10,17H,7,11-14H2,1-3H3. The molecule has 0 radical (unpaired) electrons. The van der Waals surface area contributed by atoms with Crippen LogP contribution in [0, 0.1) is 11.3 Å². The Kier molecular flexibility index (Phi) is 4.81. The number of rotatable bonds is 7. The monoisotopic (exact) mass is 258 g/mol. The van der Waals surface area contributed by atoms with E-state index in [1.807, 2.05) is 6.07 Å². The molecule has 0 amide bonds. The molecule has 0 heterocycles. The van der Waals surface area contributed by atoms with E-state index < -0.39 is 0 Å². The Morgan fingerprint density at radius 3 is 2.74 bits per heavy atom. The zero-order valence-corrected chi connectivity index (χ0v) is 12.5. The van der Waals surface area contributed by atoms with E-state index >= 15 is 0 Å². The predicted molar refractivity (Wildman–Crippen MR) is 81.0 cm³/mol. The molecule has 0 N–H and O–H groups in total. The van der Waals surface area contributed by atoms with Gasteiger partial charge in [-0.2, -0.15) is 0 Å². The molecule has 2 unspecified atom stereocenters. The molecule has 1 aliphatic carbocycles. The fraction of sp³-hybridized carbons (Fsp3) is 0.556. The van der Waals surface area contributed by atoms with Crippen molar-refractivity contribution in [2.75, 3.05) is 6.61 Å². The van der Waals surface area contributed by atoms with E-state index in [1.165, 1.54) is 30.4 Å². The SMILES string of the molecule is CC(C)=CCCC1(C)CC1COCc1ccccc1. The topological polar surface area (TPSA) is 9.23 Å². The van der Waals surface area contributed by atoms with Crippen molar-refractivity contribution in [3.8, 4) is 0 Å². The third-order valence-electron chi connectivity index (χ3n) is 4.24. The number of hydrogen-bond acceptors (Lipinski definition) is 1. The average molecular weight is 258 g/mol.